The SMILES string of the molecule is CCc1ccc(S(=O)(=O)c2nnn3c2nc(Nc2ccc(OC)c(OC)c2)c2sccc23)cc1. The Labute approximate surface area is 199 Å². The van der Waals surface area contributed by atoms with Gasteiger partial charge in [0.25, 0.3) is 0 Å². The summed E-state index contributed by atoms with van der Waals surface area (Å²) in [7, 11) is -0.796. The number of hydrogen-bond acceptors (Lipinski definition) is 9. The predicted octanol–water partition coefficient (Wildman–Crippen LogP) is 4.50. The summed E-state index contributed by atoms with van der Waals surface area (Å²) in [5, 5.41) is 13.1. The molecule has 0 aliphatic heterocycles. The Morgan fingerprint density at radius 1 is 1.03 bits per heavy atom. The smallest absolute Gasteiger partial charge is 0.229 e. The minimum Gasteiger partial charge on any atom is -0.493 e. The Hall–Kier alpha value is -3.70. The van der Waals surface area contributed by atoms with E-state index in [1.807, 2.05) is 24.4 Å². The lowest BCUT2D eigenvalue weighted by atomic mass is 10.2. The first kappa shape index (κ1) is 22.1. The van der Waals surface area contributed by atoms with Gasteiger partial charge in [0.1, 0.15) is 0 Å². The lowest BCUT2D eigenvalue weighted by Gasteiger charge is -2.12. The largest absolute Gasteiger partial charge is 0.493 e. The second-order valence-electron chi connectivity index (χ2n) is 7.42. The van der Waals surface area contributed by atoms with E-state index in [9.17, 15) is 8.42 Å². The van der Waals surface area contributed by atoms with E-state index in [0.717, 1.165) is 16.7 Å². The summed E-state index contributed by atoms with van der Waals surface area (Å²) in [4.78, 5) is 4.79. The number of fused-ring (bicyclic) bond motifs is 3. The predicted molar refractivity (Wildman–Crippen MR) is 130 cm³/mol. The van der Waals surface area contributed by atoms with Gasteiger partial charge >= 0.3 is 0 Å². The molecule has 0 radical (unpaired) electrons. The van der Waals surface area contributed by atoms with E-state index in [0.29, 0.717) is 28.5 Å². The van der Waals surface area contributed by atoms with Crippen LogP contribution < -0.4 is 14.8 Å². The first-order valence-corrected chi connectivity index (χ1v) is 12.8. The van der Waals surface area contributed by atoms with Gasteiger partial charge in [-0.3, -0.25) is 0 Å². The van der Waals surface area contributed by atoms with Crippen molar-refractivity contribution in [2.45, 2.75) is 23.3 Å². The molecule has 5 aromatic rings. The van der Waals surface area contributed by atoms with Crippen molar-refractivity contribution in [3.63, 3.8) is 0 Å². The van der Waals surface area contributed by atoms with E-state index in [1.54, 1.807) is 50.6 Å². The van der Waals surface area contributed by atoms with Crippen LogP contribution in [0.2, 0.25) is 0 Å². The van der Waals surface area contributed by atoms with Gasteiger partial charge in [-0.05, 0) is 47.7 Å². The van der Waals surface area contributed by atoms with Crippen molar-refractivity contribution in [1.29, 1.82) is 0 Å². The third-order valence-corrected chi connectivity index (χ3v) is 8.04. The quantitative estimate of drug-likeness (QED) is 0.352. The van der Waals surface area contributed by atoms with Crippen molar-refractivity contribution in [3.8, 4) is 11.5 Å². The van der Waals surface area contributed by atoms with Gasteiger partial charge in [-0.15, -0.1) is 16.4 Å². The molecule has 5 rings (SSSR count). The highest BCUT2D eigenvalue weighted by Gasteiger charge is 2.27. The minimum absolute atomic E-state index is 0.147. The molecule has 0 saturated carbocycles. The van der Waals surface area contributed by atoms with E-state index in [2.05, 4.69) is 20.6 Å². The molecule has 1 N–H and O–H groups in total. The van der Waals surface area contributed by atoms with Gasteiger partial charge in [0.15, 0.2) is 23.0 Å². The molecule has 0 fully saturated rings. The van der Waals surface area contributed by atoms with Crippen molar-refractivity contribution >= 4 is 48.5 Å². The summed E-state index contributed by atoms with van der Waals surface area (Å²) in [6, 6.07) is 14.0. The zero-order valence-electron chi connectivity index (χ0n) is 18.6. The second kappa shape index (κ2) is 8.58. The lowest BCUT2D eigenvalue weighted by Crippen LogP contribution is -2.05. The Balaban J connectivity index is 1.64. The van der Waals surface area contributed by atoms with Gasteiger partial charge in [-0.2, -0.15) is 4.52 Å². The number of nitrogens with one attached hydrogen (secondary N) is 1. The first-order valence-electron chi connectivity index (χ1n) is 10.4. The molecule has 0 spiro atoms. The van der Waals surface area contributed by atoms with Crippen LogP contribution in [-0.4, -0.2) is 42.4 Å². The van der Waals surface area contributed by atoms with Gasteiger partial charge < -0.3 is 14.8 Å². The van der Waals surface area contributed by atoms with Gasteiger partial charge in [0.2, 0.25) is 14.9 Å². The van der Waals surface area contributed by atoms with Crippen LogP contribution in [0.1, 0.15) is 12.5 Å². The van der Waals surface area contributed by atoms with Gasteiger partial charge in [0, 0.05) is 11.8 Å². The molecule has 11 heteroatoms. The maximum atomic E-state index is 13.4. The average molecular weight is 496 g/mol. The summed E-state index contributed by atoms with van der Waals surface area (Å²) in [5.41, 5.74) is 2.60. The Kier molecular flexibility index (Phi) is 5.58. The average Bonchev–Trinajstić information content (AvgIpc) is 3.51. The molecule has 2 aromatic carbocycles. The fourth-order valence-electron chi connectivity index (χ4n) is 3.65. The summed E-state index contributed by atoms with van der Waals surface area (Å²) >= 11 is 1.46. The molecule has 0 saturated heterocycles. The maximum Gasteiger partial charge on any atom is 0.229 e. The molecule has 0 aliphatic carbocycles. The summed E-state index contributed by atoms with van der Waals surface area (Å²) in [6.07, 6.45) is 0.818. The summed E-state index contributed by atoms with van der Waals surface area (Å²) < 4.78 is 39.8. The fourth-order valence-corrected chi connectivity index (χ4v) is 5.70. The van der Waals surface area contributed by atoms with Crippen molar-refractivity contribution in [2.75, 3.05) is 19.5 Å². The molecular formula is C23H21N5O4S2. The van der Waals surface area contributed by atoms with Crippen LogP contribution in [0.5, 0.6) is 11.5 Å². The molecule has 0 unspecified atom stereocenters. The number of sulfone groups is 1. The van der Waals surface area contributed by atoms with Gasteiger partial charge in [-0.1, -0.05) is 24.3 Å². The van der Waals surface area contributed by atoms with Gasteiger partial charge in [-0.25, -0.2) is 13.4 Å². The van der Waals surface area contributed by atoms with Crippen molar-refractivity contribution < 1.29 is 17.9 Å². The Bertz CT molecular complexity index is 1610. The number of aromatic nitrogens is 4. The van der Waals surface area contributed by atoms with Crippen LogP contribution in [0, 0.1) is 0 Å². The van der Waals surface area contributed by atoms with Crippen LogP contribution in [-0.2, 0) is 16.3 Å². The topological polar surface area (TPSA) is 108 Å². The molecule has 3 heterocycles. The van der Waals surface area contributed by atoms with Crippen LogP contribution >= 0.6 is 11.3 Å². The highest BCUT2D eigenvalue weighted by molar-refractivity contribution is 7.91. The normalized spacial score (nSPS) is 11.7. The molecule has 9 nitrogen and oxygen atoms in total. The maximum absolute atomic E-state index is 13.4. The molecule has 0 atom stereocenters. The van der Waals surface area contributed by atoms with Gasteiger partial charge in [0.05, 0.1) is 29.3 Å². The third-order valence-electron chi connectivity index (χ3n) is 5.47. The molecule has 3 aromatic heterocycles. The molecule has 0 aliphatic rings. The number of nitrogens with zero attached hydrogens (tertiary/aromatic N) is 4. The molecule has 0 bridgehead atoms. The highest BCUT2D eigenvalue weighted by atomic mass is 32.2. The van der Waals surface area contributed by atoms with E-state index in [4.69, 9.17) is 9.47 Å². The number of anilines is 2. The standard InChI is InChI=1S/C23H21N5O4S2/c1-4-14-5-8-16(9-6-14)34(29,30)23-22-25-21(20-17(11-12-33-20)28(22)27-26-23)24-15-7-10-18(31-2)19(13-15)32-3/h5-13H,4H2,1-3H3,(H,24,25). The second-order valence-corrected chi connectivity index (χ2v) is 10.2. The van der Waals surface area contributed by atoms with Crippen LogP contribution in [0.4, 0.5) is 11.5 Å². The molecule has 174 valence electrons. The number of methoxy groups -OCH3 is 2. The number of hydrogen-bond donors (Lipinski definition) is 1. The van der Waals surface area contributed by atoms with Crippen LogP contribution in [0.15, 0.2) is 63.8 Å². The minimum atomic E-state index is -3.93. The number of ether oxygens (including phenoxy) is 2. The van der Waals surface area contributed by atoms with E-state index in [1.165, 1.54) is 15.9 Å². The molecular weight excluding hydrogens is 474 g/mol. The lowest BCUT2D eigenvalue weighted by molar-refractivity contribution is 0.355. The zero-order chi connectivity index (χ0) is 23.9. The summed E-state index contributed by atoms with van der Waals surface area (Å²) in [6.45, 7) is 2.01. The summed E-state index contributed by atoms with van der Waals surface area (Å²) in [5.74, 6) is 1.64. The number of aryl methyl sites for hydroxylation is 1. The van der Waals surface area contributed by atoms with E-state index in [-0.39, 0.29) is 15.6 Å². The van der Waals surface area contributed by atoms with Crippen molar-refractivity contribution in [2.24, 2.45) is 0 Å². The monoisotopic (exact) mass is 495 g/mol. The third kappa shape index (κ3) is 3.62. The first-order chi connectivity index (χ1) is 16.5. The fraction of sp³-hybridized carbons (Fsp3) is 0.174. The zero-order valence-corrected chi connectivity index (χ0v) is 20.3. The number of benzene rings is 2. The number of thiophene rings is 1. The Morgan fingerprint density at radius 2 is 1.79 bits per heavy atom. The van der Waals surface area contributed by atoms with Crippen LogP contribution in [0.3, 0.4) is 0 Å². The van der Waals surface area contributed by atoms with E-state index < -0.39 is 9.84 Å². The van der Waals surface area contributed by atoms with E-state index >= 15 is 0 Å². The van der Waals surface area contributed by atoms with Crippen molar-refractivity contribution in [3.05, 3.63) is 59.5 Å². The van der Waals surface area contributed by atoms with Crippen molar-refractivity contribution in [1.82, 2.24) is 19.8 Å². The van der Waals surface area contributed by atoms with Crippen LogP contribution in [0.25, 0.3) is 15.9 Å². The number of rotatable bonds is 7. The highest BCUT2D eigenvalue weighted by Crippen LogP contribution is 2.35. The Morgan fingerprint density at radius 3 is 2.50 bits per heavy atom. The molecule has 34 heavy (non-hydrogen) atoms. The molecule has 0 amide bonds.